The van der Waals surface area contributed by atoms with Crippen molar-refractivity contribution in [3.8, 4) is 11.5 Å². The Bertz CT molecular complexity index is 567. The molecule has 0 amide bonds. The van der Waals surface area contributed by atoms with Crippen molar-refractivity contribution in [2.24, 2.45) is 0 Å². The molecule has 3 nitrogen and oxygen atoms in total. The summed E-state index contributed by atoms with van der Waals surface area (Å²) < 4.78 is 5.05. The van der Waals surface area contributed by atoms with Gasteiger partial charge in [-0.2, -0.15) is 0 Å². The van der Waals surface area contributed by atoms with Crippen LogP contribution < -0.4 is 4.74 Å². The van der Waals surface area contributed by atoms with Gasteiger partial charge in [0.1, 0.15) is 16.4 Å². The van der Waals surface area contributed by atoms with Crippen molar-refractivity contribution < 1.29 is 14.6 Å². The third kappa shape index (κ3) is 2.78. The molecule has 1 aromatic carbocycles. The Morgan fingerprint density at radius 1 is 1.28 bits per heavy atom. The van der Waals surface area contributed by atoms with E-state index in [0.29, 0.717) is 4.88 Å². The van der Waals surface area contributed by atoms with Gasteiger partial charge in [0.2, 0.25) is 0 Å². The largest absolute Gasteiger partial charge is 0.506 e. The van der Waals surface area contributed by atoms with Crippen molar-refractivity contribution in [3.05, 3.63) is 52.2 Å². The van der Waals surface area contributed by atoms with E-state index in [1.165, 1.54) is 23.5 Å². The maximum absolute atomic E-state index is 11.8. The average Bonchev–Trinajstić information content (AvgIpc) is 2.83. The number of aromatic hydroxyl groups is 1. The van der Waals surface area contributed by atoms with Crippen molar-refractivity contribution in [3.63, 3.8) is 0 Å². The fraction of sp³-hybridized carbons (Fsp3) is 0.0714. The topological polar surface area (TPSA) is 46.5 Å². The van der Waals surface area contributed by atoms with Gasteiger partial charge in [0.15, 0.2) is 5.78 Å². The number of ketones is 1. The number of allylic oxidation sites excluding steroid dienone is 1. The zero-order chi connectivity index (χ0) is 13.0. The Balaban J connectivity index is 2.11. The summed E-state index contributed by atoms with van der Waals surface area (Å²) in [6.07, 6.45) is 3.16. The molecule has 1 heterocycles. The van der Waals surface area contributed by atoms with Gasteiger partial charge in [-0.05, 0) is 35.2 Å². The van der Waals surface area contributed by atoms with E-state index in [1.807, 2.05) is 24.3 Å². The van der Waals surface area contributed by atoms with Crippen LogP contribution in [0.2, 0.25) is 0 Å². The molecule has 0 radical (unpaired) electrons. The first kappa shape index (κ1) is 12.4. The lowest BCUT2D eigenvalue weighted by atomic mass is 10.2. The minimum absolute atomic E-state index is 0.0318. The smallest absolute Gasteiger partial charge is 0.199 e. The highest BCUT2D eigenvalue weighted by atomic mass is 32.1. The highest BCUT2D eigenvalue weighted by Crippen LogP contribution is 2.24. The van der Waals surface area contributed by atoms with Crippen molar-refractivity contribution in [2.75, 3.05) is 7.11 Å². The molecule has 0 saturated heterocycles. The van der Waals surface area contributed by atoms with Crippen LogP contribution >= 0.6 is 11.3 Å². The second kappa shape index (κ2) is 5.51. The van der Waals surface area contributed by atoms with Gasteiger partial charge in [-0.3, -0.25) is 4.79 Å². The van der Waals surface area contributed by atoms with Gasteiger partial charge in [0.25, 0.3) is 0 Å². The SMILES string of the molecule is COc1ccc(/C=C/C(=O)c2sccc2O)cc1. The Labute approximate surface area is 109 Å². The zero-order valence-corrected chi connectivity index (χ0v) is 10.6. The number of benzene rings is 1. The number of thiophene rings is 1. The molecule has 0 fully saturated rings. The molecular formula is C14H12O3S. The first-order chi connectivity index (χ1) is 8.70. The van der Waals surface area contributed by atoms with Crippen LogP contribution in [0.4, 0.5) is 0 Å². The number of carbonyl (C=O) groups excluding carboxylic acids is 1. The molecule has 92 valence electrons. The van der Waals surface area contributed by atoms with E-state index in [0.717, 1.165) is 11.3 Å². The summed E-state index contributed by atoms with van der Waals surface area (Å²) in [7, 11) is 1.61. The standard InChI is InChI=1S/C14H12O3S/c1-17-11-5-2-10(3-6-11)4-7-12(15)14-13(16)8-9-18-14/h2-9,16H,1H3/b7-4+. The Hall–Kier alpha value is -2.07. The second-order valence-corrected chi connectivity index (χ2v) is 4.52. The summed E-state index contributed by atoms with van der Waals surface area (Å²) in [5.41, 5.74) is 0.903. The molecule has 0 atom stereocenters. The fourth-order valence-electron chi connectivity index (χ4n) is 1.45. The van der Waals surface area contributed by atoms with Crippen LogP contribution in [0.3, 0.4) is 0 Å². The third-order valence-electron chi connectivity index (χ3n) is 2.41. The van der Waals surface area contributed by atoms with E-state index in [9.17, 15) is 9.90 Å². The van der Waals surface area contributed by atoms with Gasteiger partial charge in [0.05, 0.1) is 7.11 Å². The summed E-state index contributed by atoms with van der Waals surface area (Å²) in [6, 6.07) is 8.88. The van der Waals surface area contributed by atoms with E-state index in [1.54, 1.807) is 18.6 Å². The normalized spacial score (nSPS) is 10.7. The quantitative estimate of drug-likeness (QED) is 0.677. The summed E-state index contributed by atoms with van der Waals surface area (Å²) >= 11 is 1.23. The maximum atomic E-state index is 11.8. The van der Waals surface area contributed by atoms with Crippen LogP contribution in [0.15, 0.2) is 41.8 Å². The van der Waals surface area contributed by atoms with E-state index in [4.69, 9.17) is 4.74 Å². The predicted molar refractivity (Wildman–Crippen MR) is 72.3 cm³/mol. The molecule has 0 aliphatic carbocycles. The lowest BCUT2D eigenvalue weighted by Crippen LogP contribution is -1.89. The predicted octanol–water partition coefficient (Wildman–Crippen LogP) is 3.36. The molecule has 0 bridgehead atoms. The highest BCUT2D eigenvalue weighted by Gasteiger charge is 2.08. The van der Waals surface area contributed by atoms with Crippen molar-refractivity contribution in [2.45, 2.75) is 0 Å². The van der Waals surface area contributed by atoms with Crippen LogP contribution in [0.1, 0.15) is 15.2 Å². The molecule has 1 N–H and O–H groups in total. The number of ether oxygens (including phenoxy) is 1. The van der Waals surface area contributed by atoms with E-state index < -0.39 is 0 Å². The van der Waals surface area contributed by atoms with Gasteiger partial charge in [-0.1, -0.05) is 18.2 Å². The molecule has 2 aromatic rings. The minimum atomic E-state index is -0.196. The number of methoxy groups -OCH3 is 1. The molecule has 1 aromatic heterocycles. The van der Waals surface area contributed by atoms with E-state index in [-0.39, 0.29) is 11.5 Å². The maximum Gasteiger partial charge on any atom is 0.199 e. The molecule has 0 saturated carbocycles. The Morgan fingerprint density at radius 2 is 2.00 bits per heavy atom. The van der Waals surface area contributed by atoms with Gasteiger partial charge in [-0.25, -0.2) is 0 Å². The van der Waals surface area contributed by atoms with Gasteiger partial charge in [0, 0.05) is 0 Å². The summed E-state index contributed by atoms with van der Waals surface area (Å²) in [5, 5.41) is 11.1. The van der Waals surface area contributed by atoms with Crippen molar-refractivity contribution in [1.29, 1.82) is 0 Å². The number of rotatable bonds is 4. The highest BCUT2D eigenvalue weighted by molar-refractivity contribution is 7.12. The molecule has 4 heteroatoms. The average molecular weight is 260 g/mol. The molecule has 0 aliphatic rings. The monoisotopic (exact) mass is 260 g/mol. The van der Waals surface area contributed by atoms with Crippen LogP contribution in [-0.4, -0.2) is 18.0 Å². The first-order valence-electron chi connectivity index (χ1n) is 5.33. The Kier molecular flexibility index (Phi) is 3.79. The van der Waals surface area contributed by atoms with Crippen molar-refractivity contribution >= 4 is 23.2 Å². The number of hydrogen-bond donors (Lipinski definition) is 1. The second-order valence-electron chi connectivity index (χ2n) is 3.61. The lowest BCUT2D eigenvalue weighted by molar-refractivity contribution is 0.104. The summed E-state index contributed by atoms with van der Waals surface area (Å²) in [6.45, 7) is 0. The van der Waals surface area contributed by atoms with Gasteiger partial charge >= 0.3 is 0 Å². The minimum Gasteiger partial charge on any atom is -0.506 e. The Morgan fingerprint density at radius 3 is 2.56 bits per heavy atom. The lowest BCUT2D eigenvalue weighted by Gasteiger charge is -1.98. The van der Waals surface area contributed by atoms with Crippen LogP contribution in [0.25, 0.3) is 6.08 Å². The first-order valence-corrected chi connectivity index (χ1v) is 6.21. The molecule has 18 heavy (non-hydrogen) atoms. The molecule has 0 unspecified atom stereocenters. The van der Waals surface area contributed by atoms with Crippen LogP contribution in [0, 0.1) is 0 Å². The third-order valence-corrected chi connectivity index (χ3v) is 3.33. The van der Waals surface area contributed by atoms with E-state index in [2.05, 4.69) is 0 Å². The van der Waals surface area contributed by atoms with E-state index >= 15 is 0 Å². The van der Waals surface area contributed by atoms with Gasteiger partial charge in [-0.15, -0.1) is 11.3 Å². The number of hydrogen-bond acceptors (Lipinski definition) is 4. The summed E-state index contributed by atoms with van der Waals surface area (Å²) in [5.74, 6) is 0.608. The molecule has 0 aliphatic heterocycles. The van der Waals surface area contributed by atoms with Gasteiger partial charge < -0.3 is 9.84 Å². The van der Waals surface area contributed by atoms with Crippen LogP contribution in [0.5, 0.6) is 11.5 Å². The van der Waals surface area contributed by atoms with Crippen LogP contribution in [-0.2, 0) is 0 Å². The molecule has 2 rings (SSSR count). The summed E-state index contributed by atoms with van der Waals surface area (Å²) in [4.78, 5) is 12.1. The fourth-order valence-corrected chi connectivity index (χ4v) is 2.16. The molecule has 0 spiro atoms. The van der Waals surface area contributed by atoms with Crippen molar-refractivity contribution in [1.82, 2.24) is 0 Å². The number of carbonyl (C=O) groups is 1. The molecular weight excluding hydrogens is 248 g/mol. The zero-order valence-electron chi connectivity index (χ0n) is 9.79.